The molecule has 0 fully saturated rings. The largest absolute Gasteiger partial charge is 0.484 e. The average Bonchev–Trinajstić information content (AvgIpc) is 2.70. The maximum absolute atomic E-state index is 13.0. The summed E-state index contributed by atoms with van der Waals surface area (Å²) in [6, 6.07) is 13.4. The molecule has 0 aliphatic heterocycles. The van der Waals surface area contributed by atoms with E-state index >= 15 is 0 Å². The van der Waals surface area contributed by atoms with Gasteiger partial charge in [0.1, 0.15) is 11.8 Å². The van der Waals surface area contributed by atoms with Crippen LogP contribution in [0.1, 0.15) is 32.8 Å². The first-order valence-electron chi connectivity index (χ1n) is 9.53. The Morgan fingerprint density at radius 2 is 1.83 bits per heavy atom. The van der Waals surface area contributed by atoms with Crippen LogP contribution in [0.3, 0.4) is 0 Å². The minimum Gasteiger partial charge on any atom is -0.484 e. The third-order valence-corrected chi connectivity index (χ3v) is 5.23. The zero-order chi connectivity index (χ0) is 21.4. The normalized spacial score (nSPS) is 12.7. The van der Waals surface area contributed by atoms with Crippen molar-refractivity contribution >= 4 is 35.0 Å². The number of nitrogens with zero attached hydrogens (tertiary/aromatic N) is 1. The van der Waals surface area contributed by atoms with E-state index in [1.807, 2.05) is 32.0 Å². The molecule has 7 heteroatoms. The van der Waals surface area contributed by atoms with Gasteiger partial charge in [-0.3, -0.25) is 9.59 Å². The van der Waals surface area contributed by atoms with Crippen LogP contribution in [0.5, 0.6) is 5.75 Å². The number of carbonyl (C=O) groups is 2. The van der Waals surface area contributed by atoms with E-state index in [4.69, 9.17) is 27.9 Å². The van der Waals surface area contributed by atoms with Gasteiger partial charge in [0.05, 0.1) is 0 Å². The van der Waals surface area contributed by atoms with Gasteiger partial charge in [-0.25, -0.2) is 0 Å². The fourth-order valence-electron chi connectivity index (χ4n) is 2.64. The number of rotatable bonds is 9. The van der Waals surface area contributed by atoms with Crippen molar-refractivity contribution in [2.45, 2.75) is 45.8 Å². The zero-order valence-electron chi connectivity index (χ0n) is 16.8. The van der Waals surface area contributed by atoms with E-state index in [0.29, 0.717) is 15.8 Å². The van der Waals surface area contributed by atoms with Gasteiger partial charge >= 0.3 is 0 Å². The Balaban J connectivity index is 2.17. The number of nitrogens with one attached hydrogen (secondary N) is 1. The molecule has 0 bridgehead atoms. The second-order valence-corrected chi connectivity index (χ2v) is 7.70. The maximum Gasteiger partial charge on any atom is 0.261 e. The molecule has 2 rings (SSSR count). The second-order valence-electron chi connectivity index (χ2n) is 6.85. The van der Waals surface area contributed by atoms with Gasteiger partial charge in [0.25, 0.3) is 5.91 Å². The Morgan fingerprint density at radius 1 is 1.10 bits per heavy atom. The zero-order valence-corrected chi connectivity index (χ0v) is 18.3. The second kappa shape index (κ2) is 11.1. The van der Waals surface area contributed by atoms with Gasteiger partial charge in [-0.2, -0.15) is 0 Å². The van der Waals surface area contributed by atoms with Crippen LogP contribution < -0.4 is 10.1 Å². The van der Waals surface area contributed by atoms with E-state index in [0.717, 1.165) is 12.0 Å². The molecule has 2 aromatic carbocycles. The molecule has 5 nitrogen and oxygen atoms in total. The predicted octanol–water partition coefficient (Wildman–Crippen LogP) is 4.70. The number of halogens is 2. The Morgan fingerprint density at radius 3 is 2.48 bits per heavy atom. The molecule has 0 saturated carbocycles. The van der Waals surface area contributed by atoms with Crippen LogP contribution >= 0.6 is 23.2 Å². The standard InChI is InChI=1S/C22H26Cl2N2O3/c1-4-15(2)25-22(28)16(3)26(13-17-8-5-6-11-20(17)24)21(27)14-29-19-10-7-9-18(23)12-19/h5-12,15-16H,4,13-14H2,1-3H3,(H,25,28)/t15-,16-/m1/s1. The molecule has 2 atom stereocenters. The van der Waals surface area contributed by atoms with Gasteiger partial charge in [0.2, 0.25) is 5.91 Å². The van der Waals surface area contributed by atoms with Crippen LogP contribution in [0.4, 0.5) is 0 Å². The van der Waals surface area contributed by atoms with E-state index in [-0.39, 0.29) is 31.0 Å². The number of ether oxygens (including phenoxy) is 1. The summed E-state index contributed by atoms with van der Waals surface area (Å²) >= 11 is 12.2. The smallest absolute Gasteiger partial charge is 0.261 e. The maximum atomic E-state index is 13.0. The fourth-order valence-corrected chi connectivity index (χ4v) is 3.02. The molecule has 2 amide bonds. The average molecular weight is 437 g/mol. The molecule has 156 valence electrons. The number of hydrogen-bond donors (Lipinski definition) is 1. The van der Waals surface area contributed by atoms with E-state index in [9.17, 15) is 9.59 Å². The lowest BCUT2D eigenvalue weighted by atomic mass is 10.1. The van der Waals surface area contributed by atoms with Crippen LogP contribution in [0.2, 0.25) is 10.0 Å². The van der Waals surface area contributed by atoms with Gasteiger partial charge < -0.3 is 15.0 Å². The van der Waals surface area contributed by atoms with E-state index in [1.54, 1.807) is 37.3 Å². The molecule has 0 saturated heterocycles. The van der Waals surface area contributed by atoms with E-state index in [1.165, 1.54) is 4.90 Å². The van der Waals surface area contributed by atoms with Crippen molar-refractivity contribution in [2.24, 2.45) is 0 Å². The first-order chi connectivity index (χ1) is 13.8. The summed E-state index contributed by atoms with van der Waals surface area (Å²) < 4.78 is 5.59. The molecule has 2 aromatic rings. The first kappa shape index (κ1) is 23.0. The molecule has 0 spiro atoms. The quantitative estimate of drug-likeness (QED) is 0.619. The number of hydrogen-bond acceptors (Lipinski definition) is 3. The molecule has 0 aliphatic carbocycles. The summed E-state index contributed by atoms with van der Waals surface area (Å²) in [6.45, 7) is 5.60. The highest BCUT2D eigenvalue weighted by atomic mass is 35.5. The fraction of sp³-hybridized carbons (Fsp3) is 0.364. The first-order valence-corrected chi connectivity index (χ1v) is 10.3. The van der Waals surface area contributed by atoms with E-state index < -0.39 is 6.04 Å². The van der Waals surface area contributed by atoms with Gasteiger partial charge in [-0.1, -0.05) is 54.4 Å². The minimum atomic E-state index is -0.685. The summed E-state index contributed by atoms with van der Waals surface area (Å²) in [5, 5.41) is 3.98. The lowest BCUT2D eigenvalue weighted by Gasteiger charge is -2.30. The van der Waals surface area contributed by atoms with Gasteiger partial charge in [-0.05, 0) is 50.1 Å². The van der Waals surface area contributed by atoms with Crippen molar-refractivity contribution < 1.29 is 14.3 Å². The Kier molecular flexibility index (Phi) is 8.80. The highest BCUT2D eigenvalue weighted by Crippen LogP contribution is 2.20. The molecule has 1 N–H and O–H groups in total. The Bertz CT molecular complexity index is 844. The molecular formula is C22H26Cl2N2O3. The summed E-state index contributed by atoms with van der Waals surface area (Å²) in [4.78, 5) is 27.1. The summed E-state index contributed by atoms with van der Waals surface area (Å²) in [7, 11) is 0. The summed E-state index contributed by atoms with van der Waals surface area (Å²) in [5.74, 6) is -0.0561. The minimum absolute atomic E-state index is 0.0184. The summed E-state index contributed by atoms with van der Waals surface area (Å²) in [6.07, 6.45) is 0.800. The lowest BCUT2D eigenvalue weighted by molar-refractivity contribution is -0.142. The van der Waals surface area contributed by atoms with Gasteiger partial charge in [0.15, 0.2) is 6.61 Å². The van der Waals surface area contributed by atoms with Crippen molar-refractivity contribution in [3.63, 3.8) is 0 Å². The van der Waals surface area contributed by atoms with Crippen molar-refractivity contribution in [3.8, 4) is 5.75 Å². The molecule has 0 aliphatic rings. The molecule has 0 unspecified atom stereocenters. The molecular weight excluding hydrogens is 411 g/mol. The van der Waals surface area contributed by atoms with Crippen molar-refractivity contribution in [3.05, 3.63) is 64.1 Å². The van der Waals surface area contributed by atoms with Crippen molar-refractivity contribution in [2.75, 3.05) is 6.61 Å². The number of amides is 2. The SMILES string of the molecule is CC[C@@H](C)NC(=O)[C@@H](C)N(Cc1ccccc1Cl)C(=O)COc1cccc(Cl)c1. The van der Waals surface area contributed by atoms with Crippen molar-refractivity contribution in [1.29, 1.82) is 0 Å². The van der Waals surface area contributed by atoms with Crippen LogP contribution in [0, 0.1) is 0 Å². The van der Waals surface area contributed by atoms with Crippen LogP contribution in [-0.2, 0) is 16.1 Å². The Hall–Kier alpha value is -2.24. The van der Waals surface area contributed by atoms with Crippen molar-refractivity contribution in [1.82, 2.24) is 10.2 Å². The predicted molar refractivity (Wildman–Crippen MR) is 116 cm³/mol. The third kappa shape index (κ3) is 6.94. The number of benzene rings is 2. The van der Waals surface area contributed by atoms with Crippen LogP contribution in [0.25, 0.3) is 0 Å². The molecule has 0 heterocycles. The lowest BCUT2D eigenvalue weighted by Crippen LogP contribution is -2.50. The molecule has 0 radical (unpaired) electrons. The monoisotopic (exact) mass is 436 g/mol. The molecule has 29 heavy (non-hydrogen) atoms. The third-order valence-electron chi connectivity index (χ3n) is 4.63. The van der Waals surface area contributed by atoms with Gasteiger partial charge in [0, 0.05) is 22.6 Å². The molecule has 0 aromatic heterocycles. The summed E-state index contributed by atoms with van der Waals surface area (Å²) in [5.41, 5.74) is 0.758. The van der Waals surface area contributed by atoms with E-state index in [2.05, 4.69) is 5.32 Å². The Labute approximate surface area is 181 Å². The van der Waals surface area contributed by atoms with Crippen LogP contribution in [-0.4, -0.2) is 35.4 Å². The highest BCUT2D eigenvalue weighted by Gasteiger charge is 2.27. The van der Waals surface area contributed by atoms with Crippen LogP contribution in [0.15, 0.2) is 48.5 Å². The topological polar surface area (TPSA) is 58.6 Å². The number of carbonyl (C=O) groups excluding carboxylic acids is 2. The highest BCUT2D eigenvalue weighted by molar-refractivity contribution is 6.31. The van der Waals surface area contributed by atoms with Gasteiger partial charge in [-0.15, -0.1) is 0 Å².